The van der Waals surface area contributed by atoms with Crippen molar-refractivity contribution in [1.82, 2.24) is 0 Å². The molecular weight excluding hydrogens is 904 g/mol. The Kier molecular flexibility index (Phi) is 51.3. The molecule has 0 fully saturated rings. The maximum Gasteiger partial charge on any atom is 0.472 e. The number of esters is 3. The van der Waals surface area contributed by atoms with E-state index in [1.54, 1.807) is 0 Å². The molecule has 0 aromatic heterocycles. The maximum absolute atomic E-state index is 12.9. The number of rotatable bonds is 54. The highest BCUT2D eigenvalue weighted by Gasteiger charge is 2.28. The Labute approximate surface area is 429 Å². The van der Waals surface area contributed by atoms with Gasteiger partial charge < -0.3 is 24.2 Å². The Morgan fingerprint density at radius 3 is 1.04 bits per heavy atom. The van der Waals surface area contributed by atoms with E-state index < -0.39 is 57.8 Å². The van der Waals surface area contributed by atoms with Crippen LogP contribution in [0.15, 0.2) is 36.5 Å². The van der Waals surface area contributed by atoms with E-state index in [1.165, 1.54) is 122 Å². The minimum Gasteiger partial charge on any atom is -0.462 e. The number of aliphatic hydroxyl groups excluding tert-OH is 1. The van der Waals surface area contributed by atoms with Crippen LogP contribution in [0.2, 0.25) is 0 Å². The Bertz CT molecular complexity index is 1320. The molecule has 2 N–H and O–H groups in total. The van der Waals surface area contributed by atoms with Crippen molar-refractivity contribution in [3.05, 3.63) is 36.5 Å². The Morgan fingerprint density at radius 2 is 0.671 bits per heavy atom. The van der Waals surface area contributed by atoms with Crippen molar-refractivity contribution in [2.75, 3.05) is 26.4 Å². The zero-order valence-electron chi connectivity index (χ0n) is 45.2. The smallest absolute Gasteiger partial charge is 0.462 e. The Morgan fingerprint density at radius 1 is 0.386 bits per heavy atom. The SMILES string of the molecule is CCCC/C=C\CCCCCCCC(=O)OCC(COP(=O)(O)OCC(CO)OC(=O)CCCCCCC/C=C\CCCCCC)OC(=O)CCCCCCCCCCC/C=C\CCCCCCCC. The fourth-order valence-electron chi connectivity index (χ4n) is 8.03. The zero-order valence-corrected chi connectivity index (χ0v) is 46.1. The Hall–Kier alpha value is -2.30. The van der Waals surface area contributed by atoms with Gasteiger partial charge in [-0.1, -0.05) is 205 Å². The molecule has 0 rings (SSSR count). The summed E-state index contributed by atoms with van der Waals surface area (Å²) >= 11 is 0. The lowest BCUT2D eigenvalue weighted by atomic mass is 10.1. The first-order valence-electron chi connectivity index (χ1n) is 28.9. The summed E-state index contributed by atoms with van der Waals surface area (Å²) in [4.78, 5) is 48.4. The molecule has 70 heavy (non-hydrogen) atoms. The third-order valence-electron chi connectivity index (χ3n) is 12.5. The molecule has 0 saturated heterocycles. The van der Waals surface area contributed by atoms with Crippen molar-refractivity contribution in [3.63, 3.8) is 0 Å². The molecule has 12 heteroatoms. The predicted octanol–water partition coefficient (Wildman–Crippen LogP) is 16.8. The van der Waals surface area contributed by atoms with E-state index in [0.717, 1.165) is 96.3 Å². The number of hydrogen-bond acceptors (Lipinski definition) is 10. The number of phosphoric ester groups is 1. The second kappa shape index (κ2) is 53.0. The van der Waals surface area contributed by atoms with Gasteiger partial charge in [0.05, 0.1) is 19.8 Å². The van der Waals surface area contributed by atoms with Crippen molar-refractivity contribution in [2.24, 2.45) is 0 Å². The average molecular weight is 1010 g/mol. The van der Waals surface area contributed by atoms with E-state index in [2.05, 4.69) is 57.2 Å². The van der Waals surface area contributed by atoms with Crippen LogP contribution in [-0.2, 0) is 42.2 Å². The van der Waals surface area contributed by atoms with Crippen molar-refractivity contribution in [1.29, 1.82) is 0 Å². The first kappa shape index (κ1) is 67.7. The molecule has 0 aromatic rings. The first-order valence-corrected chi connectivity index (χ1v) is 30.4. The van der Waals surface area contributed by atoms with Gasteiger partial charge in [-0.2, -0.15) is 0 Å². The quantitative estimate of drug-likeness (QED) is 0.0197. The van der Waals surface area contributed by atoms with Gasteiger partial charge in [0.2, 0.25) is 0 Å². The number of carbonyl (C=O) groups is 3. The summed E-state index contributed by atoms with van der Waals surface area (Å²) in [6, 6.07) is 0. The molecule has 0 aliphatic rings. The van der Waals surface area contributed by atoms with Crippen molar-refractivity contribution >= 4 is 25.7 Å². The van der Waals surface area contributed by atoms with Gasteiger partial charge in [-0.3, -0.25) is 23.4 Å². The highest BCUT2D eigenvalue weighted by Crippen LogP contribution is 2.43. The third kappa shape index (κ3) is 50.6. The topological polar surface area (TPSA) is 155 Å². The number of aliphatic hydroxyl groups is 1. The van der Waals surface area contributed by atoms with Crippen LogP contribution in [-0.4, -0.2) is 66.5 Å². The molecule has 0 amide bonds. The van der Waals surface area contributed by atoms with Gasteiger partial charge in [-0.05, 0) is 89.9 Å². The minimum atomic E-state index is -4.74. The number of carbonyl (C=O) groups excluding carboxylic acids is 3. The molecule has 0 aliphatic carbocycles. The van der Waals surface area contributed by atoms with Crippen LogP contribution in [0.5, 0.6) is 0 Å². The lowest BCUT2D eigenvalue weighted by Gasteiger charge is -2.21. The molecule has 3 unspecified atom stereocenters. The number of phosphoric acid groups is 1. The van der Waals surface area contributed by atoms with E-state index >= 15 is 0 Å². The lowest BCUT2D eigenvalue weighted by molar-refractivity contribution is -0.161. The molecule has 410 valence electrons. The van der Waals surface area contributed by atoms with Crippen molar-refractivity contribution in [2.45, 2.75) is 290 Å². The summed E-state index contributed by atoms with van der Waals surface area (Å²) in [5.41, 5.74) is 0. The van der Waals surface area contributed by atoms with Gasteiger partial charge in [0.25, 0.3) is 0 Å². The van der Waals surface area contributed by atoms with Gasteiger partial charge in [-0.15, -0.1) is 0 Å². The molecule has 0 saturated carbocycles. The van der Waals surface area contributed by atoms with Crippen LogP contribution in [0.4, 0.5) is 0 Å². The standard InChI is InChI=1S/C58H107O11P/c1-4-7-10-13-16-19-22-24-25-26-27-28-29-31-34-37-40-43-46-49-58(62)69-55(51-65-56(60)47-44-41-38-35-32-21-18-15-12-9-6-3)53-67-70(63,64)66-52-54(50-59)68-57(61)48-45-42-39-36-33-30-23-20-17-14-11-8-5-2/h15,18,20,23-25,54-55,59H,4-14,16-17,19,21-22,26-53H2,1-3H3,(H,63,64)/b18-15-,23-20-,25-24-. The summed E-state index contributed by atoms with van der Waals surface area (Å²) in [5.74, 6) is -1.47. The summed E-state index contributed by atoms with van der Waals surface area (Å²) < 4.78 is 39.5. The van der Waals surface area contributed by atoms with Crippen LogP contribution in [0.1, 0.15) is 278 Å². The molecule has 3 atom stereocenters. The molecule has 11 nitrogen and oxygen atoms in total. The maximum atomic E-state index is 12.9. The van der Waals surface area contributed by atoms with Gasteiger partial charge >= 0.3 is 25.7 Å². The highest BCUT2D eigenvalue weighted by atomic mass is 31.2. The highest BCUT2D eigenvalue weighted by molar-refractivity contribution is 7.47. The first-order chi connectivity index (χ1) is 34.2. The van der Waals surface area contributed by atoms with Crippen LogP contribution < -0.4 is 0 Å². The summed E-state index contributed by atoms with van der Waals surface area (Å²) in [7, 11) is -4.74. The Balaban J connectivity index is 4.67. The van der Waals surface area contributed by atoms with Gasteiger partial charge in [0.15, 0.2) is 6.10 Å². The second-order valence-corrected chi connectivity index (χ2v) is 20.9. The third-order valence-corrected chi connectivity index (χ3v) is 13.5. The molecule has 0 aromatic carbocycles. The molecule has 0 aliphatic heterocycles. The zero-order chi connectivity index (χ0) is 51.3. The average Bonchev–Trinajstić information content (AvgIpc) is 3.35. The number of ether oxygens (including phenoxy) is 3. The molecule has 0 radical (unpaired) electrons. The number of unbranched alkanes of at least 4 members (excludes halogenated alkanes) is 31. The van der Waals surface area contributed by atoms with E-state index in [4.69, 9.17) is 23.3 Å². The summed E-state index contributed by atoms with van der Waals surface area (Å²) in [6.45, 7) is 4.59. The van der Waals surface area contributed by atoms with Crippen LogP contribution in [0.25, 0.3) is 0 Å². The number of allylic oxidation sites excluding steroid dienone is 6. The van der Waals surface area contributed by atoms with Crippen LogP contribution in [0.3, 0.4) is 0 Å². The lowest BCUT2D eigenvalue weighted by Crippen LogP contribution is -2.30. The molecule has 0 bridgehead atoms. The molecule has 0 spiro atoms. The second-order valence-electron chi connectivity index (χ2n) is 19.4. The largest absolute Gasteiger partial charge is 0.472 e. The van der Waals surface area contributed by atoms with Gasteiger partial charge in [0, 0.05) is 19.3 Å². The summed E-state index contributed by atoms with van der Waals surface area (Å²) in [6.07, 6.45) is 53.9. The summed E-state index contributed by atoms with van der Waals surface area (Å²) in [5, 5.41) is 9.79. The van der Waals surface area contributed by atoms with Crippen molar-refractivity contribution in [3.8, 4) is 0 Å². The predicted molar refractivity (Wildman–Crippen MR) is 289 cm³/mol. The molecule has 0 heterocycles. The minimum absolute atomic E-state index is 0.166. The van der Waals surface area contributed by atoms with E-state index in [-0.39, 0.29) is 25.9 Å². The van der Waals surface area contributed by atoms with E-state index in [9.17, 15) is 28.9 Å². The van der Waals surface area contributed by atoms with Gasteiger partial charge in [-0.25, -0.2) is 4.57 Å². The van der Waals surface area contributed by atoms with E-state index in [1.807, 2.05) is 0 Å². The number of hydrogen-bond donors (Lipinski definition) is 2. The van der Waals surface area contributed by atoms with E-state index in [0.29, 0.717) is 19.3 Å². The fourth-order valence-corrected chi connectivity index (χ4v) is 8.82. The van der Waals surface area contributed by atoms with Gasteiger partial charge in [0.1, 0.15) is 12.7 Å². The van der Waals surface area contributed by atoms with Crippen molar-refractivity contribution < 1.29 is 52.2 Å². The normalized spacial score (nSPS) is 13.6. The van der Waals surface area contributed by atoms with Crippen LogP contribution in [0, 0.1) is 0 Å². The monoisotopic (exact) mass is 1010 g/mol. The molecular formula is C58H107O11P. The fraction of sp³-hybridized carbons (Fsp3) is 0.845. The van der Waals surface area contributed by atoms with Crippen LogP contribution >= 0.6 is 7.82 Å².